The summed E-state index contributed by atoms with van der Waals surface area (Å²) in [5.74, 6) is -0.805. The van der Waals surface area contributed by atoms with Gasteiger partial charge in [-0.2, -0.15) is 0 Å². The second kappa shape index (κ2) is 9.12. The van der Waals surface area contributed by atoms with E-state index in [1.54, 1.807) is 12.1 Å². The molecule has 28 heavy (non-hydrogen) atoms. The van der Waals surface area contributed by atoms with Gasteiger partial charge in [0.1, 0.15) is 17.7 Å². The van der Waals surface area contributed by atoms with Gasteiger partial charge >= 0.3 is 5.97 Å². The van der Waals surface area contributed by atoms with E-state index in [9.17, 15) is 9.59 Å². The molecule has 0 unspecified atom stereocenters. The fraction of sp³-hybridized carbons (Fsp3) is 0.286. The van der Waals surface area contributed by atoms with Crippen molar-refractivity contribution < 1.29 is 14.3 Å². The van der Waals surface area contributed by atoms with E-state index in [1.165, 1.54) is 28.2 Å². The van der Waals surface area contributed by atoms with Crippen LogP contribution in [-0.4, -0.2) is 22.9 Å². The number of aromatic nitrogens is 1. The van der Waals surface area contributed by atoms with Crippen molar-refractivity contribution in [1.29, 1.82) is 0 Å². The summed E-state index contributed by atoms with van der Waals surface area (Å²) < 4.78 is 5.43. The van der Waals surface area contributed by atoms with Gasteiger partial charge in [-0.15, -0.1) is 22.7 Å². The standard InChI is InChI=1S/C21H22N2O3S2/c1-13(2)18(23-19(24)17-5-4-10-27-17)21(25)26-11-16-12-28-20(22-16)15-8-6-14(3)7-9-15/h4-10,12-13,18H,11H2,1-3H3,(H,23,24)/t18-/m0/s1. The number of aryl methyl sites for hydroxylation is 1. The number of nitrogens with one attached hydrogen (secondary N) is 1. The third-order valence-electron chi connectivity index (χ3n) is 4.16. The Hall–Kier alpha value is -2.51. The van der Waals surface area contributed by atoms with Crippen LogP contribution in [0.15, 0.2) is 47.2 Å². The van der Waals surface area contributed by atoms with Gasteiger partial charge in [0.15, 0.2) is 0 Å². The molecule has 0 aliphatic rings. The molecule has 2 aromatic heterocycles. The second-order valence-electron chi connectivity index (χ2n) is 6.79. The van der Waals surface area contributed by atoms with Gasteiger partial charge in [-0.3, -0.25) is 4.79 Å². The van der Waals surface area contributed by atoms with Gasteiger partial charge in [-0.05, 0) is 24.3 Å². The molecule has 0 radical (unpaired) electrons. The van der Waals surface area contributed by atoms with Crippen LogP contribution in [0.2, 0.25) is 0 Å². The zero-order chi connectivity index (χ0) is 20.1. The van der Waals surface area contributed by atoms with Crippen LogP contribution >= 0.6 is 22.7 Å². The first-order chi connectivity index (χ1) is 13.4. The van der Waals surface area contributed by atoms with E-state index in [1.807, 2.05) is 55.8 Å². The van der Waals surface area contributed by atoms with Gasteiger partial charge in [0.2, 0.25) is 0 Å². The van der Waals surface area contributed by atoms with Crippen LogP contribution in [0.4, 0.5) is 0 Å². The molecule has 0 saturated carbocycles. The van der Waals surface area contributed by atoms with E-state index in [-0.39, 0.29) is 18.4 Å². The number of carbonyl (C=O) groups excluding carboxylic acids is 2. The van der Waals surface area contributed by atoms with E-state index in [4.69, 9.17) is 4.74 Å². The molecule has 3 rings (SSSR count). The van der Waals surface area contributed by atoms with E-state index in [0.717, 1.165) is 10.6 Å². The van der Waals surface area contributed by atoms with Crippen LogP contribution in [0.5, 0.6) is 0 Å². The SMILES string of the molecule is Cc1ccc(-c2nc(COC(=O)[C@@H](NC(=O)c3cccs3)C(C)C)cs2)cc1. The van der Waals surface area contributed by atoms with Crippen LogP contribution in [0.3, 0.4) is 0 Å². The molecular formula is C21H22N2O3S2. The molecule has 146 valence electrons. The highest BCUT2D eigenvalue weighted by atomic mass is 32.1. The minimum atomic E-state index is -0.704. The molecule has 2 heterocycles. The number of thiazole rings is 1. The van der Waals surface area contributed by atoms with Gasteiger partial charge in [0.05, 0.1) is 10.6 Å². The molecule has 0 bridgehead atoms. The number of amides is 1. The molecule has 0 fully saturated rings. The molecule has 0 aliphatic heterocycles. The maximum Gasteiger partial charge on any atom is 0.329 e. The van der Waals surface area contributed by atoms with Crippen LogP contribution in [0.1, 0.15) is 34.8 Å². The number of hydrogen-bond donors (Lipinski definition) is 1. The smallest absolute Gasteiger partial charge is 0.329 e. The largest absolute Gasteiger partial charge is 0.458 e. The van der Waals surface area contributed by atoms with Crippen molar-refractivity contribution in [3.8, 4) is 10.6 Å². The lowest BCUT2D eigenvalue weighted by Crippen LogP contribution is -2.45. The summed E-state index contributed by atoms with van der Waals surface area (Å²) in [4.78, 5) is 29.9. The van der Waals surface area contributed by atoms with Gasteiger partial charge in [0.25, 0.3) is 5.91 Å². The average molecular weight is 415 g/mol. The molecule has 1 atom stereocenters. The number of carbonyl (C=O) groups is 2. The minimum Gasteiger partial charge on any atom is -0.458 e. The number of hydrogen-bond acceptors (Lipinski definition) is 6. The molecule has 0 spiro atoms. The van der Waals surface area contributed by atoms with E-state index >= 15 is 0 Å². The summed E-state index contributed by atoms with van der Waals surface area (Å²) in [6.07, 6.45) is 0. The average Bonchev–Trinajstić information content (AvgIpc) is 3.36. The fourth-order valence-electron chi connectivity index (χ4n) is 2.55. The number of nitrogens with zero attached hydrogens (tertiary/aromatic N) is 1. The molecule has 0 saturated heterocycles. The first-order valence-corrected chi connectivity index (χ1v) is 10.7. The highest BCUT2D eigenvalue weighted by Crippen LogP contribution is 2.24. The Labute approximate surface area is 172 Å². The van der Waals surface area contributed by atoms with Gasteiger partial charge in [-0.25, -0.2) is 9.78 Å². The Morgan fingerprint density at radius 3 is 2.54 bits per heavy atom. The Bertz CT molecular complexity index is 931. The van der Waals surface area contributed by atoms with Crippen LogP contribution in [0.25, 0.3) is 10.6 Å². The van der Waals surface area contributed by atoms with Gasteiger partial charge < -0.3 is 10.1 Å². The van der Waals surface area contributed by atoms with Gasteiger partial charge in [-0.1, -0.05) is 49.7 Å². The maximum absolute atomic E-state index is 12.5. The lowest BCUT2D eigenvalue weighted by Gasteiger charge is -2.20. The van der Waals surface area contributed by atoms with E-state index in [0.29, 0.717) is 10.6 Å². The van der Waals surface area contributed by atoms with Crippen molar-refractivity contribution in [2.75, 3.05) is 0 Å². The molecule has 1 aromatic carbocycles. The van der Waals surface area contributed by atoms with Crippen molar-refractivity contribution in [3.63, 3.8) is 0 Å². The van der Waals surface area contributed by atoms with E-state index < -0.39 is 12.0 Å². The summed E-state index contributed by atoms with van der Waals surface area (Å²) in [6.45, 7) is 5.87. The molecule has 1 N–H and O–H groups in total. The predicted octanol–water partition coefficient (Wildman–Crippen LogP) is 4.68. The minimum absolute atomic E-state index is 0.0826. The third kappa shape index (κ3) is 5.05. The number of ether oxygens (including phenoxy) is 1. The quantitative estimate of drug-likeness (QED) is 0.570. The topological polar surface area (TPSA) is 68.3 Å². The van der Waals surface area contributed by atoms with Crippen molar-refractivity contribution >= 4 is 34.6 Å². The van der Waals surface area contributed by atoms with Crippen LogP contribution in [-0.2, 0) is 16.1 Å². The lowest BCUT2D eigenvalue weighted by atomic mass is 10.0. The number of esters is 1. The first kappa shape index (κ1) is 20.2. The number of thiophene rings is 1. The Kier molecular flexibility index (Phi) is 6.59. The number of rotatable bonds is 7. The fourth-order valence-corrected chi connectivity index (χ4v) is 3.99. The summed E-state index contributed by atoms with van der Waals surface area (Å²) in [6, 6.07) is 11.0. The number of benzene rings is 1. The predicted molar refractivity (Wildman–Crippen MR) is 112 cm³/mol. The summed E-state index contributed by atoms with van der Waals surface area (Å²) in [5.41, 5.74) is 2.93. The molecule has 3 aromatic rings. The highest BCUT2D eigenvalue weighted by Gasteiger charge is 2.26. The second-order valence-corrected chi connectivity index (χ2v) is 8.60. The van der Waals surface area contributed by atoms with E-state index in [2.05, 4.69) is 10.3 Å². The summed E-state index contributed by atoms with van der Waals surface area (Å²) in [5, 5.41) is 7.37. The molecule has 7 heteroatoms. The zero-order valence-electron chi connectivity index (χ0n) is 16.0. The van der Waals surface area contributed by atoms with Crippen molar-refractivity contribution in [2.45, 2.75) is 33.4 Å². The Morgan fingerprint density at radius 2 is 1.89 bits per heavy atom. The Balaban J connectivity index is 1.60. The Morgan fingerprint density at radius 1 is 1.14 bits per heavy atom. The summed E-state index contributed by atoms with van der Waals surface area (Å²) >= 11 is 2.85. The lowest BCUT2D eigenvalue weighted by molar-refractivity contribution is -0.148. The maximum atomic E-state index is 12.5. The first-order valence-electron chi connectivity index (χ1n) is 8.96. The normalized spacial score (nSPS) is 12.0. The zero-order valence-corrected chi connectivity index (χ0v) is 17.6. The molecule has 5 nitrogen and oxygen atoms in total. The van der Waals surface area contributed by atoms with Crippen molar-refractivity contribution in [2.24, 2.45) is 5.92 Å². The molecule has 0 aliphatic carbocycles. The third-order valence-corrected chi connectivity index (χ3v) is 5.97. The van der Waals surface area contributed by atoms with Crippen molar-refractivity contribution in [3.05, 3.63) is 63.3 Å². The molecule has 1 amide bonds. The van der Waals surface area contributed by atoms with Gasteiger partial charge in [0, 0.05) is 10.9 Å². The monoisotopic (exact) mass is 414 g/mol. The van der Waals surface area contributed by atoms with Crippen LogP contribution < -0.4 is 5.32 Å². The molecular weight excluding hydrogens is 392 g/mol. The highest BCUT2D eigenvalue weighted by molar-refractivity contribution is 7.13. The van der Waals surface area contributed by atoms with Crippen LogP contribution in [0, 0.1) is 12.8 Å². The summed E-state index contributed by atoms with van der Waals surface area (Å²) in [7, 11) is 0. The van der Waals surface area contributed by atoms with Crippen molar-refractivity contribution in [1.82, 2.24) is 10.3 Å².